The Morgan fingerprint density at radius 3 is 2.39 bits per heavy atom. The zero-order chi connectivity index (χ0) is 16.8. The van der Waals surface area contributed by atoms with Gasteiger partial charge in [0.2, 0.25) is 5.91 Å². The fraction of sp³-hybridized carbons (Fsp3) is 0.611. The van der Waals surface area contributed by atoms with Crippen molar-refractivity contribution >= 4 is 5.91 Å². The molecule has 0 aliphatic heterocycles. The van der Waals surface area contributed by atoms with E-state index in [9.17, 15) is 13.6 Å². The van der Waals surface area contributed by atoms with Crippen LogP contribution in [0.4, 0.5) is 8.78 Å². The van der Waals surface area contributed by atoms with Gasteiger partial charge in [-0.15, -0.1) is 0 Å². The van der Waals surface area contributed by atoms with E-state index in [1.54, 1.807) is 0 Å². The summed E-state index contributed by atoms with van der Waals surface area (Å²) >= 11 is 0. The zero-order valence-electron chi connectivity index (χ0n) is 13.8. The van der Waals surface area contributed by atoms with Gasteiger partial charge in [0.1, 0.15) is 17.7 Å². The SMILES string of the molecule is CC(C)NC(=O)C(CC1CCCC1)OCc1cc(F)cc(F)c1. The highest BCUT2D eigenvalue weighted by Gasteiger charge is 2.26. The average molecular weight is 325 g/mol. The summed E-state index contributed by atoms with van der Waals surface area (Å²) in [5.41, 5.74) is 0.399. The Hall–Kier alpha value is -1.49. The molecule has 3 nitrogen and oxygen atoms in total. The van der Waals surface area contributed by atoms with Crippen LogP contribution in [0.3, 0.4) is 0 Å². The topological polar surface area (TPSA) is 38.3 Å². The van der Waals surface area contributed by atoms with Gasteiger partial charge in [0, 0.05) is 12.1 Å². The van der Waals surface area contributed by atoms with E-state index in [0.29, 0.717) is 17.9 Å². The highest BCUT2D eigenvalue weighted by molar-refractivity contribution is 5.81. The van der Waals surface area contributed by atoms with Crippen molar-refractivity contribution in [2.45, 2.75) is 64.7 Å². The van der Waals surface area contributed by atoms with Gasteiger partial charge in [0.05, 0.1) is 6.61 Å². The minimum absolute atomic E-state index is 0.0254. The maximum Gasteiger partial charge on any atom is 0.249 e. The molecule has 1 aromatic rings. The molecule has 0 spiro atoms. The summed E-state index contributed by atoms with van der Waals surface area (Å²) in [5, 5.41) is 2.86. The third kappa shape index (κ3) is 5.90. The standard InChI is InChI=1S/C18H25F2NO2/c1-12(2)21-18(22)17(9-13-5-3-4-6-13)23-11-14-7-15(19)10-16(20)8-14/h7-8,10,12-13,17H,3-6,9,11H2,1-2H3,(H,21,22). The highest BCUT2D eigenvalue weighted by Crippen LogP contribution is 2.29. The van der Waals surface area contributed by atoms with Crippen LogP contribution >= 0.6 is 0 Å². The van der Waals surface area contributed by atoms with Crippen molar-refractivity contribution in [2.24, 2.45) is 5.92 Å². The fourth-order valence-corrected chi connectivity index (χ4v) is 3.07. The Kier molecular flexibility index (Phi) is 6.51. The number of hydrogen-bond acceptors (Lipinski definition) is 2. The molecular formula is C18H25F2NO2. The molecule has 1 unspecified atom stereocenters. The van der Waals surface area contributed by atoms with Crippen molar-refractivity contribution < 1.29 is 18.3 Å². The smallest absolute Gasteiger partial charge is 0.249 e. The van der Waals surface area contributed by atoms with Crippen LogP contribution in [0.1, 0.15) is 51.5 Å². The molecule has 1 saturated carbocycles. The Morgan fingerprint density at radius 1 is 1.22 bits per heavy atom. The molecule has 0 saturated heterocycles. The van der Waals surface area contributed by atoms with Crippen molar-refractivity contribution in [1.29, 1.82) is 0 Å². The first-order valence-corrected chi connectivity index (χ1v) is 8.31. The molecule has 1 atom stereocenters. The molecule has 2 rings (SSSR count). The van der Waals surface area contributed by atoms with Crippen LogP contribution in [0.5, 0.6) is 0 Å². The molecule has 1 aliphatic carbocycles. The summed E-state index contributed by atoms with van der Waals surface area (Å²) in [7, 11) is 0. The summed E-state index contributed by atoms with van der Waals surface area (Å²) in [6.07, 6.45) is 4.70. The summed E-state index contributed by atoms with van der Waals surface area (Å²) in [4.78, 5) is 12.3. The van der Waals surface area contributed by atoms with Crippen LogP contribution < -0.4 is 5.32 Å². The second-order valence-electron chi connectivity index (χ2n) is 6.63. The molecule has 23 heavy (non-hydrogen) atoms. The van der Waals surface area contributed by atoms with E-state index >= 15 is 0 Å². The molecule has 128 valence electrons. The van der Waals surface area contributed by atoms with Gasteiger partial charge >= 0.3 is 0 Å². The number of nitrogens with one attached hydrogen (secondary N) is 1. The first kappa shape index (κ1) is 17.9. The Balaban J connectivity index is 1.98. The number of rotatable bonds is 7. The minimum Gasteiger partial charge on any atom is -0.364 e. The van der Waals surface area contributed by atoms with Crippen LogP contribution in [0.25, 0.3) is 0 Å². The molecule has 1 N–H and O–H groups in total. The second kappa shape index (κ2) is 8.39. The first-order chi connectivity index (χ1) is 10.9. The number of carbonyl (C=O) groups is 1. The number of ether oxygens (including phenoxy) is 1. The zero-order valence-corrected chi connectivity index (χ0v) is 13.8. The monoisotopic (exact) mass is 325 g/mol. The number of amides is 1. The fourth-order valence-electron chi connectivity index (χ4n) is 3.07. The molecule has 1 amide bonds. The highest BCUT2D eigenvalue weighted by atomic mass is 19.1. The van der Waals surface area contributed by atoms with Crippen molar-refractivity contribution in [1.82, 2.24) is 5.32 Å². The first-order valence-electron chi connectivity index (χ1n) is 8.31. The van der Waals surface area contributed by atoms with Crippen LogP contribution in [0.15, 0.2) is 18.2 Å². The van der Waals surface area contributed by atoms with Gasteiger partial charge in [-0.05, 0) is 43.9 Å². The summed E-state index contributed by atoms with van der Waals surface area (Å²) in [5.74, 6) is -0.934. The number of hydrogen-bond donors (Lipinski definition) is 1. The summed E-state index contributed by atoms with van der Waals surface area (Å²) in [6.45, 7) is 3.82. The lowest BCUT2D eigenvalue weighted by Gasteiger charge is -2.22. The summed E-state index contributed by atoms with van der Waals surface area (Å²) in [6, 6.07) is 3.32. The Morgan fingerprint density at radius 2 is 1.83 bits per heavy atom. The van der Waals surface area contributed by atoms with Crippen LogP contribution in [0, 0.1) is 17.6 Å². The largest absolute Gasteiger partial charge is 0.364 e. The molecule has 1 aliphatic rings. The molecule has 0 radical (unpaired) electrons. The molecule has 0 bridgehead atoms. The maximum absolute atomic E-state index is 13.2. The lowest BCUT2D eigenvalue weighted by molar-refractivity contribution is -0.135. The molecule has 1 aromatic carbocycles. The minimum atomic E-state index is -0.637. The van der Waals surface area contributed by atoms with E-state index in [1.807, 2.05) is 13.8 Å². The number of halogens is 2. The lowest BCUT2D eigenvalue weighted by Crippen LogP contribution is -2.40. The third-order valence-corrected chi connectivity index (χ3v) is 4.12. The Labute approximate surface area is 136 Å². The lowest BCUT2D eigenvalue weighted by atomic mass is 9.99. The quantitative estimate of drug-likeness (QED) is 0.824. The maximum atomic E-state index is 13.2. The predicted molar refractivity (Wildman–Crippen MR) is 84.8 cm³/mol. The third-order valence-electron chi connectivity index (χ3n) is 4.12. The van der Waals surface area contributed by atoms with Crippen molar-refractivity contribution in [3.8, 4) is 0 Å². The predicted octanol–water partition coefficient (Wildman–Crippen LogP) is 3.95. The number of carbonyl (C=O) groups excluding carboxylic acids is 1. The normalized spacial score (nSPS) is 16.7. The van der Waals surface area contributed by atoms with Gasteiger partial charge in [-0.25, -0.2) is 8.78 Å². The van der Waals surface area contributed by atoms with E-state index in [2.05, 4.69) is 5.32 Å². The molecule has 0 aromatic heterocycles. The van der Waals surface area contributed by atoms with Crippen LogP contribution in [0.2, 0.25) is 0 Å². The van der Waals surface area contributed by atoms with Crippen LogP contribution in [-0.4, -0.2) is 18.1 Å². The molecule has 5 heteroatoms. The van der Waals surface area contributed by atoms with E-state index in [4.69, 9.17) is 4.74 Å². The van der Waals surface area contributed by atoms with Crippen molar-refractivity contribution in [3.63, 3.8) is 0 Å². The Bertz CT molecular complexity index is 508. The van der Waals surface area contributed by atoms with Crippen molar-refractivity contribution in [3.05, 3.63) is 35.4 Å². The average Bonchev–Trinajstić information content (AvgIpc) is 2.94. The second-order valence-corrected chi connectivity index (χ2v) is 6.63. The number of benzene rings is 1. The van der Waals surface area contributed by atoms with E-state index in [0.717, 1.165) is 18.9 Å². The van der Waals surface area contributed by atoms with E-state index in [1.165, 1.54) is 25.0 Å². The van der Waals surface area contributed by atoms with Crippen LogP contribution in [-0.2, 0) is 16.1 Å². The van der Waals surface area contributed by atoms with Gasteiger partial charge < -0.3 is 10.1 Å². The van der Waals surface area contributed by atoms with E-state index in [-0.39, 0.29) is 18.6 Å². The van der Waals surface area contributed by atoms with Gasteiger partial charge in [-0.2, -0.15) is 0 Å². The van der Waals surface area contributed by atoms with Crippen molar-refractivity contribution in [2.75, 3.05) is 0 Å². The van der Waals surface area contributed by atoms with Gasteiger partial charge in [-0.3, -0.25) is 4.79 Å². The molecule has 1 fully saturated rings. The van der Waals surface area contributed by atoms with Gasteiger partial charge in [-0.1, -0.05) is 25.7 Å². The van der Waals surface area contributed by atoms with Gasteiger partial charge in [0.25, 0.3) is 0 Å². The van der Waals surface area contributed by atoms with Gasteiger partial charge in [0.15, 0.2) is 0 Å². The molecular weight excluding hydrogens is 300 g/mol. The summed E-state index contributed by atoms with van der Waals surface area (Å²) < 4.78 is 32.2. The molecule has 0 heterocycles. The van der Waals surface area contributed by atoms with E-state index < -0.39 is 17.7 Å².